The van der Waals surface area contributed by atoms with E-state index >= 15 is 0 Å². The van der Waals surface area contributed by atoms with Crippen molar-refractivity contribution in [1.82, 2.24) is 9.47 Å². The minimum absolute atomic E-state index is 0.00862. The minimum Gasteiger partial charge on any atom is -0.341 e. The standard InChI is InChI=1S/C16H23N3O2/c17-13-5-4-6-14-12(13)7-8-15(20)19(14)11-16(21)18-9-2-1-3-10-18/h7-8,13H,1-6,9-11,17H2. The summed E-state index contributed by atoms with van der Waals surface area (Å²) in [4.78, 5) is 26.5. The van der Waals surface area contributed by atoms with E-state index in [-0.39, 0.29) is 24.1 Å². The third kappa shape index (κ3) is 2.88. The van der Waals surface area contributed by atoms with Gasteiger partial charge in [0.25, 0.3) is 5.56 Å². The first-order chi connectivity index (χ1) is 10.2. The maximum Gasteiger partial charge on any atom is 0.251 e. The zero-order valence-electron chi connectivity index (χ0n) is 12.4. The van der Waals surface area contributed by atoms with Crippen LogP contribution in [0.25, 0.3) is 0 Å². The molecular formula is C16H23N3O2. The molecule has 0 aromatic carbocycles. The van der Waals surface area contributed by atoms with E-state index in [2.05, 4.69) is 0 Å². The van der Waals surface area contributed by atoms with Gasteiger partial charge in [0, 0.05) is 30.9 Å². The van der Waals surface area contributed by atoms with Gasteiger partial charge in [0.05, 0.1) is 0 Å². The molecule has 5 heteroatoms. The molecule has 1 amide bonds. The molecule has 21 heavy (non-hydrogen) atoms. The molecule has 0 bridgehead atoms. The molecule has 2 aliphatic rings. The monoisotopic (exact) mass is 289 g/mol. The van der Waals surface area contributed by atoms with Gasteiger partial charge in [0.1, 0.15) is 6.54 Å². The van der Waals surface area contributed by atoms with Crippen molar-refractivity contribution in [3.63, 3.8) is 0 Å². The highest BCUT2D eigenvalue weighted by molar-refractivity contribution is 5.76. The van der Waals surface area contributed by atoms with Gasteiger partial charge >= 0.3 is 0 Å². The SMILES string of the molecule is NC1CCCc2c1ccc(=O)n2CC(=O)N1CCCCC1. The predicted octanol–water partition coefficient (Wildman–Crippen LogP) is 1.20. The van der Waals surface area contributed by atoms with E-state index in [0.717, 1.165) is 56.5 Å². The topological polar surface area (TPSA) is 68.3 Å². The van der Waals surface area contributed by atoms with Crippen molar-refractivity contribution in [3.8, 4) is 0 Å². The van der Waals surface area contributed by atoms with Gasteiger partial charge in [-0.15, -0.1) is 0 Å². The number of carbonyl (C=O) groups excluding carboxylic acids is 1. The summed E-state index contributed by atoms with van der Waals surface area (Å²) in [5, 5.41) is 0. The van der Waals surface area contributed by atoms with Crippen molar-refractivity contribution in [3.05, 3.63) is 33.7 Å². The quantitative estimate of drug-likeness (QED) is 0.889. The second kappa shape index (κ2) is 6.02. The van der Waals surface area contributed by atoms with Crippen LogP contribution >= 0.6 is 0 Å². The molecule has 5 nitrogen and oxygen atoms in total. The summed E-state index contributed by atoms with van der Waals surface area (Å²) >= 11 is 0. The molecule has 1 aromatic heterocycles. The van der Waals surface area contributed by atoms with Crippen LogP contribution < -0.4 is 11.3 Å². The van der Waals surface area contributed by atoms with Gasteiger partial charge in [-0.05, 0) is 44.1 Å². The smallest absolute Gasteiger partial charge is 0.251 e. The van der Waals surface area contributed by atoms with Crippen molar-refractivity contribution < 1.29 is 4.79 Å². The van der Waals surface area contributed by atoms with E-state index in [1.807, 2.05) is 11.0 Å². The predicted molar refractivity (Wildman–Crippen MR) is 81.0 cm³/mol. The number of hydrogen-bond donors (Lipinski definition) is 1. The van der Waals surface area contributed by atoms with Gasteiger partial charge in [-0.3, -0.25) is 9.59 Å². The zero-order chi connectivity index (χ0) is 14.8. The molecule has 2 N–H and O–H groups in total. The van der Waals surface area contributed by atoms with Gasteiger partial charge in [0.2, 0.25) is 5.91 Å². The van der Waals surface area contributed by atoms with Crippen molar-refractivity contribution in [2.45, 2.75) is 51.1 Å². The first-order valence-corrected chi connectivity index (χ1v) is 7.93. The number of aromatic nitrogens is 1. The lowest BCUT2D eigenvalue weighted by atomic mass is 9.91. The average Bonchev–Trinajstić information content (AvgIpc) is 2.51. The molecule has 2 heterocycles. The Morgan fingerprint density at radius 2 is 1.95 bits per heavy atom. The Balaban J connectivity index is 1.86. The number of fused-ring (bicyclic) bond motifs is 1. The van der Waals surface area contributed by atoms with Gasteiger partial charge < -0.3 is 15.2 Å². The third-order valence-corrected chi connectivity index (χ3v) is 4.66. The summed E-state index contributed by atoms with van der Waals surface area (Å²) in [6.07, 6.45) is 6.10. The molecule has 1 aromatic rings. The van der Waals surface area contributed by atoms with Gasteiger partial charge in [-0.25, -0.2) is 0 Å². The number of piperidine rings is 1. The van der Waals surface area contributed by atoms with Crippen molar-refractivity contribution in [2.24, 2.45) is 5.73 Å². The summed E-state index contributed by atoms with van der Waals surface area (Å²) in [5.74, 6) is 0.0596. The fourth-order valence-electron chi connectivity index (χ4n) is 3.45. The number of amides is 1. The lowest BCUT2D eigenvalue weighted by Crippen LogP contribution is -2.40. The van der Waals surface area contributed by atoms with Gasteiger partial charge in [-0.1, -0.05) is 6.07 Å². The van der Waals surface area contributed by atoms with Crippen LogP contribution in [0, 0.1) is 0 Å². The molecule has 1 unspecified atom stereocenters. The molecule has 114 valence electrons. The summed E-state index contributed by atoms with van der Waals surface area (Å²) in [5.41, 5.74) is 8.04. The largest absolute Gasteiger partial charge is 0.341 e. The Morgan fingerprint density at radius 1 is 1.19 bits per heavy atom. The second-order valence-corrected chi connectivity index (χ2v) is 6.10. The van der Waals surface area contributed by atoms with E-state index in [9.17, 15) is 9.59 Å². The van der Waals surface area contributed by atoms with Gasteiger partial charge in [0.15, 0.2) is 0 Å². The molecular weight excluding hydrogens is 266 g/mol. The molecule has 0 spiro atoms. The molecule has 0 saturated carbocycles. The van der Waals surface area contributed by atoms with Crippen LogP contribution in [0.3, 0.4) is 0 Å². The number of nitrogens with zero attached hydrogens (tertiary/aromatic N) is 2. The van der Waals surface area contributed by atoms with Crippen molar-refractivity contribution in [2.75, 3.05) is 13.1 Å². The van der Waals surface area contributed by atoms with E-state index in [1.165, 1.54) is 6.42 Å². The van der Waals surface area contributed by atoms with E-state index < -0.39 is 0 Å². The summed E-state index contributed by atoms with van der Waals surface area (Å²) in [6.45, 7) is 1.80. The number of pyridine rings is 1. The number of nitrogens with two attached hydrogens (primary N) is 1. The van der Waals surface area contributed by atoms with Crippen LogP contribution in [-0.2, 0) is 17.8 Å². The highest BCUT2D eigenvalue weighted by Gasteiger charge is 2.23. The molecule has 1 atom stereocenters. The van der Waals surface area contributed by atoms with E-state index in [0.29, 0.717) is 0 Å². The van der Waals surface area contributed by atoms with Crippen molar-refractivity contribution >= 4 is 5.91 Å². The Hall–Kier alpha value is -1.62. The highest BCUT2D eigenvalue weighted by Crippen LogP contribution is 2.26. The maximum atomic E-state index is 12.4. The fraction of sp³-hybridized carbons (Fsp3) is 0.625. The molecule has 1 fully saturated rings. The molecule has 1 saturated heterocycles. The Bertz CT molecular complexity index is 588. The summed E-state index contributed by atoms with van der Waals surface area (Å²) in [6, 6.07) is 3.38. The summed E-state index contributed by atoms with van der Waals surface area (Å²) in [7, 11) is 0. The van der Waals surface area contributed by atoms with E-state index in [4.69, 9.17) is 5.73 Å². The minimum atomic E-state index is -0.0896. The molecule has 0 radical (unpaired) electrons. The van der Waals surface area contributed by atoms with Gasteiger partial charge in [-0.2, -0.15) is 0 Å². The van der Waals surface area contributed by atoms with Crippen LogP contribution in [-0.4, -0.2) is 28.5 Å². The molecule has 3 rings (SSSR count). The lowest BCUT2D eigenvalue weighted by molar-refractivity contribution is -0.132. The maximum absolute atomic E-state index is 12.4. The second-order valence-electron chi connectivity index (χ2n) is 6.10. The number of hydrogen-bond acceptors (Lipinski definition) is 3. The highest BCUT2D eigenvalue weighted by atomic mass is 16.2. The zero-order valence-corrected chi connectivity index (χ0v) is 12.4. The third-order valence-electron chi connectivity index (χ3n) is 4.66. The molecule has 1 aliphatic heterocycles. The Kier molecular flexibility index (Phi) is 4.10. The first-order valence-electron chi connectivity index (χ1n) is 7.93. The van der Waals surface area contributed by atoms with Crippen molar-refractivity contribution in [1.29, 1.82) is 0 Å². The number of likely N-dealkylation sites (tertiary alicyclic amines) is 1. The van der Waals surface area contributed by atoms with E-state index in [1.54, 1.807) is 10.6 Å². The first kappa shape index (κ1) is 14.3. The average molecular weight is 289 g/mol. The normalized spacial score (nSPS) is 22.0. The van der Waals surface area contributed by atoms with Crippen LogP contribution in [0.4, 0.5) is 0 Å². The number of carbonyl (C=O) groups is 1. The van der Waals surface area contributed by atoms with Crippen LogP contribution in [0.2, 0.25) is 0 Å². The lowest BCUT2D eigenvalue weighted by Gasteiger charge is -2.29. The summed E-state index contributed by atoms with van der Waals surface area (Å²) < 4.78 is 1.64. The fourth-order valence-corrected chi connectivity index (χ4v) is 3.45. The number of rotatable bonds is 2. The van der Waals surface area contributed by atoms with Crippen LogP contribution in [0.15, 0.2) is 16.9 Å². The Labute approximate surface area is 124 Å². The molecule has 1 aliphatic carbocycles. The van der Waals surface area contributed by atoms with Crippen LogP contribution in [0.5, 0.6) is 0 Å². The Morgan fingerprint density at radius 3 is 2.71 bits per heavy atom. The van der Waals surface area contributed by atoms with Crippen LogP contribution in [0.1, 0.15) is 49.4 Å².